The van der Waals surface area contributed by atoms with E-state index in [1.807, 2.05) is 25.1 Å². The van der Waals surface area contributed by atoms with Crippen molar-refractivity contribution in [1.82, 2.24) is 9.38 Å². The van der Waals surface area contributed by atoms with E-state index in [-0.39, 0.29) is 5.69 Å². The standard InChI is InChI=1S/C14H13N3O3/c1-9-5-6-10(20-9)8-15-13-12(14(18)19)17-7-3-2-4-11(17)16-13/h2-7,15H,8H2,1H3,(H,18,19). The minimum Gasteiger partial charge on any atom is -0.476 e. The first-order chi connectivity index (χ1) is 9.65. The Kier molecular flexibility index (Phi) is 2.90. The highest BCUT2D eigenvalue weighted by molar-refractivity contribution is 5.92. The molecule has 6 nitrogen and oxygen atoms in total. The number of aryl methyl sites for hydroxylation is 1. The molecule has 0 aliphatic heterocycles. The van der Waals surface area contributed by atoms with E-state index in [9.17, 15) is 9.90 Å². The molecule has 6 heteroatoms. The molecule has 0 saturated carbocycles. The average molecular weight is 271 g/mol. The van der Waals surface area contributed by atoms with Crippen molar-refractivity contribution in [2.45, 2.75) is 13.5 Å². The van der Waals surface area contributed by atoms with E-state index in [0.29, 0.717) is 18.0 Å². The highest BCUT2D eigenvalue weighted by Crippen LogP contribution is 2.18. The number of fused-ring (bicyclic) bond motifs is 1. The summed E-state index contributed by atoms with van der Waals surface area (Å²) in [5, 5.41) is 12.3. The number of anilines is 1. The van der Waals surface area contributed by atoms with Crippen LogP contribution in [-0.2, 0) is 6.54 Å². The van der Waals surface area contributed by atoms with Crippen LogP contribution in [0.15, 0.2) is 40.9 Å². The lowest BCUT2D eigenvalue weighted by Crippen LogP contribution is -2.07. The molecule has 3 aromatic rings. The zero-order chi connectivity index (χ0) is 14.1. The van der Waals surface area contributed by atoms with Crippen LogP contribution in [0.5, 0.6) is 0 Å². The molecule has 3 heterocycles. The molecule has 3 aromatic heterocycles. The van der Waals surface area contributed by atoms with E-state index in [2.05, 4.69) is 10.3 Å². The largest absolute Gasteiger partial charge is 0.476 e. The van der Waals surface area contributed by atoms with Crippen molar-refractivity contribution >= 4 is 17.4 Å². The maximum absolute atomic E-state index is 11.4. The SMILES string of the molecule is Cc1ccc(CNc2nc3ccccn3c2C(=O)O)o1. The highest BCUT2D eigenvalue weighted by Gasteiger charge is 2.18. The number of carbonyl (C=O) groups is 1. The summed E-state index contributed by atoms with van der Waals surface area (Å²) in [5.74, 6) is 0.853. The van der Waals surface area contributed by atoms with Gasteiger partial charge in [0.2, 0.25) is 0 Å². The first-order valence-electron chi connectivity index (χ1n) is 6.15. The van der Waals surface area contributed by atoms with Crippen molar-refractivity contribution in [2.24, 2.45) is 0 Å². The molecule has 2 N–H and O–H groups in total. The van der Waals surface area contributed by atoms with Crippen LogP contribution in [0.25, 0.3) is 5.65 Å². The van der Waals surface area contributed by atoms with Gasteiger partial charge in [0.25, 0.3) is 0 Å². The molecule has 0 radical (unpaired) electrons. The summed E-state index contributed by atoms with van der Waals surface area (Å²) >= 11 is 0. The summed E-state index contributed by atoms with van der Waals surface area (Å²) in [7, 11) is 0. The Morgan fingerprint density at radius 1 is 1.40 bits per heavy atom. The average Bonchev–Trinajstić information content (AvgIpc) is 2.99. The normalized spacial score (nSPS) is 10.8. The molecule has 20 heavy (non-hydrogen) atoms. The molecule has 0 atom stereocenters. The van der Waals surface area contributed by atoms with Crippen LogP contribution in [0.4, 0.5) is 5.82 Å². The summed E-state index contributed by atoms with van der Waals surface area (Å²) in [4.78, 5) is 15.7. The highest BCUT2D eigenvalue weighted by atomic mass is 16.4. The van der Waals surface area contributed by atoms with Crippen LogP contribution >= 0.6 is 0 Å². The number of aromatic nitrogens is 2. The number of carboxylic acids is 1. The topological polar surface area (TPSA) is 79.8 Å². The van der Waals surface area contributed by atoms with Gasteiger partial charge in [-0.05, 0) is 31.2 Å². The van der Waals surface area contributed by atoms with Crippen LogP contribution in [0.3, 0.4) is 0 Å². The van der Waals surface area contributed by atoms with Crippen molar-refractivity contribution < 1.29 is 14.3 Å². The Morgan fingerprint density at radius 2 is 2.25 bits per heavy atom. The fraction of sp³-hybridized carbons (Fsp3) is 0.143. The summed E-state index contributed by atoms with van der Waals surface area (Å²) in [6, 6.07) is 9.04. The van der Waals surface area contributed by atoms with Gasteiger partial charge in [-0.2, -0.15) is 0 Å². The molecule has 0 saturated heterocycles. The number of rotatable bonds is 4. The van der Waals surface area contributed by atoms with Gasteiger partial charge >= 0.3 is 5.97 Å². The number of furan rings is 1. The number of nitrogens with one attached hydrogen (secondary N) is 1. The number of pyridine rings is 1. The molecule has 102 valence electrons. The number of hydrogen-bond donors (Lipinski definition) is 2. The first kappa shape index (κ1) is 12.3. The predicted octanol–water partition coefficient (Wildman–Crippen LogP) is 2.55. The van der Waals surface area contributed by atoms with E-state index < -0.39 is 5.97 Å². The minimum absolute atomic E-state index is 0.115. The van der Waals surface area contributed by atoms with E-state index in [1.165, 1.54) is 4.40 Å². The smallest absolute Gasteiger partial charge is 0.356 e. The van der Waals surface area contributed by atoms with Crippen molar-refractivity contribution in [2.75, 3.05) is 5.32 Å². The maximum Gasteiger partial charge on any atom is 0.356 e. The maximum atomic E-state index is 11.4. The predicted molar refractivity (Wildman–Crippen MR) is 72.9 cm³/mol. The molecule has 0 bridgehead atoms. The minimum atomic E-state index is -1.03. The van der Waals surface area contributed by atoms with Gasteiger partial charge < -0.3 is 14.8 Å². The molecule has 0 spiro atoms. The first-order valence-corrected chi connectivity index (χ1v) is 6.15. The van der Waals surface area contributed by atoms with Crippen LogP contribution < -0.4 is 5.32 Å². The molecule has 0 aliphatic carbocycles. The van der Waals surface area contributed by atoms with Crippen LogP contribution in [0.1, 0.15) is 22.0 Å². The third-order valence-corrected chi connectivity index (χ3v) is 2.96. The number of aromatic carboxylic acids is 1. The second-order valence-corrected chi connectivity index (χ2v) is 4.41. The second kappa shape index (κ2) is 4.73. The van der Waals surface area contributed by atoms with Gasteiger partial charge in [-0.3, -0.25) is 4.40 Å². The van der Waals surface area contributed by atoms with Gasteiger partial charge in [0, 0.05) is 6.20 Å². The van der Waals surface area contributed by atoms with Crippen molar-refractivity contribution in [1.29, 1.82) is 0 Å². The molecule has 3 rings (SSSR count). The summed E-state index contributed by atoms with van der Waals surface area (Å²) in [5.41, 5.74) is 0.701. The number of carboxylic acid groups (broad SMARTS) is 1. The molecule has 0 aromatic carbocycles. The van der Waals surface area contributed by atoms with E-state index in [0.717, 1.165) is 11.5 Å². The Balaban J connectivity index is 1.94. The van der Waals surface area contributed by atoms with E-state index in [4.69, 9.17) is 4.42 Å². The van der Waals surface area contributed by atoms with Gasteiger partial charge in [0.05, 0.1) is 6.54 Å². The van der Waals surface area contributed by atoms with Gasteiger partial charge in [-0.25, -0.2) is 9.78 Å². The molecular weight excluding hydrogens is 258 g/mol. The van der Waals surface area contributed by atoms with Gasteiger partial charge in [0.1, 0.15) is 17.2 Å². The Morgan fingerprint density at radius 3 is 2.95 bits per heavy atom. The number of imidazole rings is 1. The quantitative estimate of drug-likeness (QED) is 0.762. The lowest BCUT2D eigenvalue weighted by molar-refractivity contribution is 0.0690. The molecular formula is C14H13N3O3. The van der Waals surface area contributed by atoms with Crippen LogP contribution in [0.2, 0.25) is 0 Å². The van der Waals surface area contributed by atoms with Crippen molar-refractivity contribution in [3.05, 3.63) is 53.7 Å². The van der Waals surface area contributed by atoms with Crippen molar-refractivity contribution in [3.8, 4) is 0 Å². The third kappa shape index (κ3) is 2.11. The van der Waals surface area contributed by atoms with Crippen LogP contribution in [0, 0.1) is 6.92 Å². The lowest BCUT2D eigenvalue weighted by atomic mass is 10.4. The van der Waals surface area contributed by atoms with Crippen molar-refractivity contribution in [3.63, 3.8) is 0 Å². The Bertz CT molecular complexity index is 773. The van der Waals surface area contributed by atoms with Gasteiger partial charge in [-0.1, -0.05) is 6.07 Å². The third-order valence-electron chi connectivity index (χ3n) is 2.96. The fourth-order valence-corrected chi connectivity index (χ4v) is 2.07. The van der Waals surface area contributed by atoms with Gasteiger partial charge in [-0.15, -0.1) is 0 Å². The molecule has 0 aliphatic rings. The number of hydrogen-bond acceptors (Lipinski definition) is 4. The van der Waals surface area contributed by atoms with E-state index in [1.54, 1.807) is 18.3 Å². The Hall–Kier alpha value is -2.76. The second-order valence-electron chi connectivity index (χ2n) is 4.41. The molecule has 0 unspecified atom stereocenters. The van der Waals surface area contributed by atoms with E-state index >= 15 is 0 Å². The number of nitrogens with zero attached hydrogens (tertiary/aromatic N) is 2. The zero-order valence-corrected chi connectivity index (χ0v) is 10.8. The summed E-state index contributed by atoms with van der Waals surface area (Å²) in [6.45, 7) is 2.25. The zero-order valence-electron chi connectivity index (χ0n) is 10.8. The fourth-order valence-electron chi connectivity index (χ4n) is 2.07. The molecule has 0 amide bonds. The lowest BCUT2D eigenvalue weighted by Gasteiger charge is -2.02. The molecule has 0 fully saturated rings. The summed E-state index contributed by atoms with van der Waals surface area (Å²) in [6.07, 6.45) is 1.67. The monoisotopic (exact) mass is 271 g/mol. The Labute approximate surface area is 114 Å². The summed E-state index contributed by atoms with van der Waals surface area (Å²) < 4.78 is 6.97. The van der Waals surface area contributed by atoms with Crippen LogP contribution in [-0.4, -0.2) is 20.5 Å². The van der Waals surface area contributed by atoms with Gasteiger partial charge in [0.15, 0.2) is 11.5 Å².